The summed E-state index contributed by atoms with van der Waals surface area (Å²) in [6.07, 6.45) is 0.483. The maximum absolute atomic E-state index is 13.3. The predicted molar refractivity (Wildman–Crippen MR) is 109 cm³/mol. The summed E-state index contributed by atoms with van der Waals surface area (Å²) in [5, 5.41) is 11.6. The second-order valence-corrected chi connectivity index (χ2v) is 6.89. The summed E-state index contributed by atoms with van der Waals surface area (Å²) < 4.78 is 6.17. The highest BCUT2D eigenvalue weighted by molar-refractivity contribution is 6.27. The highest BCUT2D eigenvalue weighted by Crippen LogP contribution is 2.40. The molecule has 2 aromatic carbocycles. The lowest BCUT2D eigenvalue weighted by Crippen LogP contribution is -2.24. The van der Waals surface area contributed by atoms with Crippen molar-refractivity contribution in [2.24, 2.45) is 5.73 Å². The summed E-state index contributed by atoms with van der Waals surface area (Å²) in [5.74, 6) is -0.936. The Labute approximate surface area is 169 Å². The second-order valence-electron chi connectivity index (χ2n) is 6.89. The summed E-state index contributed by atoms with van der Waals surface area (Å²) in [6.45, 7) is 0.581. The van der Waals surface area contributed by atoms with Crippen LogP contribution in [0.25, 0.3) is 22.0 Å². The topological polar surface area (TPSA) is 135 Å². The molecule has 30 heavy (non-hydrogen) atoms. The number of hydrogen-bond acceptors (Lipinski definition) is 7. The quantitative estimate of drug-likeness (QED) is 0.304. The number of pyridine rings is 1. The number of esters is 1. The van der Waals surface area contributed by atoms with Gasteiger partial charge in [0.25, 0.3) is 11.2 Å². The minimum atomic E-state index is -0.588. The molecule has 1 heterocycles. The van der Waals surface area contributed by atoms with E-state index in [1.165, 1.54) is 42.0 Å². The number of aromatic nitrogens is 1. The first kappa shape index (κ1) is 19.5. The van der Waals surface area contributed by atoms with E-state index in [0.29, 0.717) is 29.6 Å². The number of carbonyl (C=O) groups excluding carboxylic acids is 2. The van der Waals surface area contributed by atoms with Gasteiger partial charge >= 0.3 is 5.97 Å². The van der Waals surface area contributed by atoms with E-state index in [2.05, 4.69) is 0 Å². The van der Waals surface area contributed by atoms with Gasteiger partial charge in [0.05, 0.1) is 34.2 Å². The van der Waals surface area contributed by atoms with Gasteiger partial charge in [0.2, 0.25) is 0 Å². The lowest BCUT2D eigenvalue weighted by Gasteiger charge is -2.14. The normalized spacial score (nSPS) is 12.0. The highest BCUT2D eigenvalue weighted by atomic mass is 16.6. The standard InChI is InChI=1S/C21H17N3O6/c1-30-21(27)11-3-5-14-15(9-11)19(25)17-13-6-4-12(24(28)29)10-16(13)20(26)23(18(14)17)8-2-7-22/h3-6,9-10H,2,7-8,22H2,1H3. The molecule has 1 aliphatic carbocycles. The molecular formula is C21H17N3O6. The van der Waals surface area contributed by atoms with Crippen molar-refractivity contribution in [1.29, 1.82) is 0 Å². The van der Waals surface area contributed by atoms with E-state index in [9.17, 15) is 24.5 Å². The van der Waals surface area contributed by atoms with Crippen LogP contribution in [0.2, 0.25) is 0 Å². The van der Waals surface area contributed by atoms with Gasteiger partial charge < -0.3 is 15.0 Å². The average molecular weight is 407 g/mol. The van der Waals surface area contributed by atoms with Gasteiger partial charge in [-0.25, -0.2) is 4.79 Å². The third-order valence-electron chi connectivity index (χ3n) is 5.22. The Kier molecular flexibility index (Phi) is 4.67. The number of non-ortho nitro benzene ring substituents is 1. The number of benzene rings is 2. The number of nitrogens with zero attached hydrogens (tertiary/aromatic N) is 2. The SMILES string of the molecule is COC(=O)c1ccc2c(c1)C(=O)c1c-2n(CCCN)c(=O)c2cc([N+](=O)[O-])ccc12. The second kappa shape index (κ2) is 7.20. The molecule has 2 N–H and O–H groups in total. The molecule has 3 aromatic rings. The molecule has 9 nitrogen and oxygen atoms in total. The van der Waals surface area contributed by atoms with Crippen LogP contribution in [0.4, 0.5) is 5.69 Å². The molecule has 0 saturated carbocycles. The first-order valence-corrected chi connectivity index (χ1v) is 9.21. The van der Waals surface area contributed by atoms with Crippen molar-refractivity contribution in [3.63, 3.8) is 0 Å². The first-order valence-electron chi connectivity index (χ1n) is 9.21. The lowest BCUT2D eigenvalue weighted by molar-refractivity contribution is -0.384. The Bertz CT molecular complexity index is 1310. The zero-order valence-corrected chi connectivity index (χ0v) is 16.0. The maximum Gasteiger partial charge on any atom is 0.337 e. The van der Waals surface area contributed by atoms with E-state index in [0.717, 1.165) is 0 Å². The molecule has 0 unspecified atom stereocenters. The number of ether oxygens (including phenoxy) is 1. The van der Waals surface area contributed by atoms with Crippen LogP contribution in [-0.4, -0.2) is 34.9 Å². The Morgan fingerprint density at radius 3 is 2.57 bits per heavy atom. The highest BCUT2D eigenvalue weighted by Gasteiger charge is 2.33. The van der Waals surface area contributed by atoms with Crippen LogP contribution in [0.1, 0.15) is 32.7 Å². The predicted octanol–water partition coefficient (Wildman–Crippen LogP) is 2.26. The number of rotatable bonds is 5. The van der Waals surface area contributed by atoms with Gasteiger partial charge in [-0.3, -0.25) is 19.7 Å². The maximum atomic E-state index is 13.3. The molecule has 0 aliphatic heterocycles. The van der Waals surface area contributed by atoms with Gasteiger partial charge in [0.1, 0.15) is 0 Å². The summed E-state index contributed by atoms with van der Waals surface area (Å²) in [5.41, 5.74) is 6.69. The van der Waals surface area contributed by atoms with E-state index in [4.69, 9.17) is 10.5 Å². The minimum Gasteiger partial charge on any atom is -0.465 e. The molecule has 1 aliphatic rings. The van der Waals surface area contributed by atoms with E-state index in [1.807, 2.05) is 0 Å². The van der Waals surface area contributed by atoms with Gasteiger partial charge in [0, 0.05) is 35.2 Å². The van der Waals surface area contributed by atoms with Crippen LogP contribution in [0.5, 0.6) is 0 Å². The van der Waals surface area contributed by atoms with Gasteiger partial charge in [-0.1, -0.05) is 6.07 Å². The van der Waals surface area contributed by atoms with Crippen LogP contribution in [0, 0.1) is 10.1 Å². The van der Waals surface area contributed by atoms with E-state index < -0.39 is 16.5 Å². The van der Waals surface area contributed by atoms with Crippen molar-refractivity contribution < 1.29 is 19.2 Å². The number of nitrogens with two attached hydrogens (primary N) is 1. The molecule has 0 atom stereocenters. The van der Waals surface area contributed by atoms with Crippen molar-refractivity contribution in [1.82, 2.24) is 4.57 Å². The van der Waals surface area contributed by atoms with Crippen LogP contribution in [0.15, 0.2) is 41.2 Å². The Hall–Kier alpha value is -3.85. The van der Waals surface area contributed by atoms with Crippen LogP contribution in [-0.2, 0) is 11.3 Å². The van der Waals surface area contributed by atoms with Crippen molar-refractivity contribution in [2.75, 3.05) is 13.7 Å². The zero-order valence-electron chi connectivity index (χ0n) is 16.0. The number of nitro groups is 1. The summed E-state index contributed by atoms with van der Waals surface area (Å²) in [7, 11) is 1.25. The van der Waals surface area contributed by atoms with Crippen LogP contribution < -0.4 is 11.3 Å². The monoisotopic (exact) mass is 407 g/mol. The number of nitro benzene ring substituents is 1. The van der Waals surface area contributed by atoms with Gasteiger partial charge in [-0.15, -0.1) is 0 Å². The third kappa shape index (κ3) is 2.79. The summed E-state index contributed by atoms with van der Waals surface area (Å²) in [4.78, 5) is 49.0. The molecule has 0 bridgehead atoms. The number of methoxy groups -OCH3 is 1. The molecule has 9 heteroatoms. The number of fused-ring (bicyclic) bond motifs is 5. The summed E-state index contributed by atoms with van der Waals surface area (Å²) in [6, 6.07) is 8.46. The molecule has 0 amide bonds. The molecule has 0 fully saturated rings. The van der Waals surface area contributed by atoms with Crippen LogP contribution in [0.3, 0.4) is 0 Å². The zero-order chi connectivity index (χ0) is 21.6. The third-order valence-corrected chi connectivity index (χ3v) is 5.22. The molecule has 0 radical (unpaired) electrons. The molecular weight excluding hydrogens is 390 g/mol. The van der Waals surface area contributed by atoms with E-state index in [-0.39, 0.29) is 40.1 Å². The largest absolute Gasteiger partial charge is 0.465 e. The number of ketones is 1. The van der Waals surface area contributed by atoms with E-state index >= 15 is 0 Å². The van der Waals surface area contributed by atoms with Crippen molar-refractivity contribution in [3.05, 3.63) is 73.6 Å². The number of carbonyl (C=O) groups is 2. The molecule has 152 valence electrons. The van der Waals surface area contributed by atoms with Gasteiger partial charge in [-0.05, 0) is 31.2 Å². The number of hydrogen-bond donors (Lipinski definition) is 1. The van der Waals surface area contributed by atoms with E-state index in [1.54, 1.807) is 6.07 Å². The molecule has 4 rings (SSSR count). The Morgan fingerprint density at radius 1 is 1.13 bits per heavy atom. The van der Waals surface area contributed by atoms with Crippen molar-refractivity contribution >= 4 is 28.2 Å². The molecule has 1 aromatic heterocycles. The van der Waals surface area contributed by atoms with Crippen molar-refractivity contribution in [3.8, 4) is 11.3 Å². The molecule has 0 spiro atoms. The van der Waals surface area contributed by atoms with Crippen LogP contribution >= 0.6 is 0 Å². The summed E-state index contributed by atoms with van der Waals surface area (Å²) >= 11 is 0. The smallest absolute Gasteiger partial charge is 0.337 e. The van der Waals surface area contributed by atoms with Gasteiger partial charge in [-0.2, -0.15) is 0 Å². The molecule has 0 saturated heterocycles. The fraction of sp³-hybridized carbons (Fsp3) is 0.190. The Morgan fingerprint density at radius 2 is 1.90 bits per heavy atom. The first-order chi connectivity index (χ1) is 14.4. The fourth-order valence-corrected chi connectivity index (χ4v) is 3.84. The Balaban J connectivity index is 2.07. The van der Waals surface area contributed by atoms with Crippen molar-refractivity contribution in [2.45, 2.75) is 13.0 Å². The minimum absolute atomic E-state index is 0.0920. The average Bonchev–Trinajstić information content (AvgIpc) is 3.04. The lowest BCUT2D eigenvalue weighted by atomic mass is 10.0. The fourth-order valence-electron chi connectivity index (χ4n) is 3.84. The van der Waals surface area contributed by atoms with Gasteiger partial charge in [0.15, 0.2) is 5.78 Å².